The predicted molar refractivity (Wildman–Crippen MR) is 116 cm³/mol. The Kier molecular flexibility index (Phi) is 6.29. The molecule has 1 fully saturated rings. The van der Waals surface area contributed by atoms with Crippen LogP contribution in [0.15, 0.2) is 51.9 Å². The lowest BCUT2D eigenvalue weighted by atomic mass is 10.1. The second-order valence-corrected chi connectivity index (χ2v) is 9.40. The van der Waals surface area contributed by atoms with E-state index in [1.807, 2.05) is 0 Å². The zero-order valence-corrected chi connectivity index (χ0v) is 18.5. The number of ether oxygens (including phenoxy) is 1. The molecule has 0 atom stereocenters. The molecule has 0 spiro atoms. The van der Waals surface area contributed by atoms with Crippen molar-refractivity contribution in [3.8, 4) is 11.3 Å². The van der Waals surface area contributed by atoms with Gasteiger partial charge in [-0.1, -0.05) is 16.8 Å². The smallest absolute Gasteiger partial charge is 0.261 e. The van der Waals surface area contributed by atoms with E-state index in [0.29, 0.717) is 18.8 Å². The van der Waals surface area contributed by atoms with Gasteiger partial charge in [0.25, 0.3) is 5.91 Å². The number of anilines is 1. The SMILES string of the molecule is Cc1onc(-c2ccc(F)cc2)c1C(=O)Nc1ccc(Cl)c(S(=O)(=O)N2CCOCC2)c1. The molecule has 2 aromatic carbocycles. The summed E-state index contributed by atoms with van der Waals surface area (Å²) >= 11 is 6.17. The number of sulfonamides is 1. The van der Waals surface area contributed by atoms with Crippen LogP contribution in [0.5, 0.6) is 0 Å². The standard InChI is InChI=1S/C21H19ClFN3O5S/c1-13-19(20(25-31-13)14-2-4-15(23)5-3-14)21(27)24-16-6-7-17(22)18(12-16)32(28,29)26-8-10-30-11-9-26/h2-7,12H,8-11H2,1H3,(H,24,27). The fourth-order valence-corrected chi connectivity index (χ4v) is 5.25. The molecule has 1 amide bonds. The molecule has 1 aromatic heterocycles. The van der Waals surface area contributed by atoms with Crippen LogP contribution < -0.4 is 5.32 Å². The van der Waals surface area contributed by atoms with Crippen molar-refractivity contribution in [1.82, 2.24) is 9.46 Å². The number of benzene rings is 2. The quantitative estimate of drug-likeness (QED) is 0.598. The van der Waals surface area contributed by atoms with E-state index in [1.165, 1.54) is 46.8 Å². The maximum atomic E-state index is 13.3. The number of aromatic nitrogens is 1. The largest absolute Gasteiger partial charge is 0.379 e. The van der Waals surface area contributed by atoms with Crippen molar-refractivity contribution >= 4 is 33.2 Å². The molecule has 32 heavy (non-hydrogen) atoms. The lowest BCUT2D eigenvalue weighted by Crippen LogP contribution is -2.40. The zero-order chi connectivity index (χ0) is 22.9. The Morgan fingerprint density at radius 1 is 1.16 bits per heavy atom. The van der Waals surface area contributed by atoms with Crippen molar-refractivity contribution in [2.24, 2.45) is 0 Å². The normalized spacial score (nSPS) is 15.0. The van der Waals surface area contributed by atoms with Crippen LogP contribution in [0.3, 0.4) is 0 Å². The molecular weight excluding hydrogens is 461 g/mol. The summed E-state index contributed by atoms with van der Waals surface area (Å²) in [6.45, 7) is 2.61. The van der Waals surface area contributed by atoms with Gasteiger partial charge in [0.15, 0.2) is 0 Å². The molecule has 0 aliphatic carbocycles. The molecule has 1 N–H and O–H groups in total. The van der Waals surface area contributed by atoms with Crippen molar-refractivity contribution < 1.29 is 26.9 Å². The topological polar surface area (TPSA) is 102 Å². The van der Waals surface area contributed by atoms with E-state index < -0.39 is 21.7 Å². The fraction of sp³-hybridized carbons (Fsp3) is 0.238. The Hall–Kier alpha value is -2.79. The first kappa shape index (κ1) is 22.4. The van der Waals surface area contributed by atoms with Gasteiger partial charge in [0.2, 0.25) is 10.0 Å². The molecule has 11 heteroatoms. The number of morpholine rings is 1. The van der Waals surface area contributed by atoms with Gasteiger partial charge in [-0.2, -0.15) is 4.31 Å². The second-order valence-electron chi connectivity index (χ2n) is 7.09. The molecule has 0 radical (unpaired) electrons. The van der Waals surface area contributed by atoms with Gasteiger partial charge < -0.3 is 14.6 Å². The Morgan fingerprint density at radius 3 is 2.53 bits per heavy atom. The van der Waals surface area contributed by atoms with Crippen LogP contribution in [0.4, 0.5) is 10.1 Å². The number of rotatable bonds is 5. The van der Waals surface area contributed by atoms with Gasteiger partial charge in [-0.15, -0.1) is 0 Å². The van der Waals surface area contributed by atoms with Crippen molar-refractivity contribution in [2.75, 3.05) is 31.6 Å². The maximum absolute atomic E-state index is 13.3. The molecule has 3 aromatic rings. The fourth-order valence-electron chi connectivity index (χ4n) is 3.34. The third-order valence-electron chi connectivity index (χ3n) is 4.98. The molecule has 168 valence electrons. The predicted octanol–water partition coefficient (Wildman–Crippen LogP) is 3.72. The number of nitrogens with one attached hydrogen (secondary N) is 1. The van der Waals surface area contributed by atoms with Crippen molar-refractivity contribution in [3.63, 3.8) is 0 Å². The average molecular weight is 480 g/mol. The molecule has 1 aliphatic heterocycles. The summed E-state index contributed by atoms with van der Waals surface area (Å²) in [4.78, 5) is 12.9. The Labute approximate surface area is 189 Å². The zero-order valence-electron chi connectivity index (χ0n) is 17.0. The number of carbonyl (C=O) groups is 1. The van der Waals surface area contributed by atoms with E-state index in [2.05, 4.69) is 10.5 Å². The average Bonchev–Trinajstić information content (AvgIpc) is 3.17. The number of carbonyl (C=O) groups excluding carboxylic acids is 1. The summed E-state index contributed by atoms with van der Waals surface area (Å²) in [5, 5.41) is 6.63. The summed E-state index contributed by atoms with van der Waals surface area (Å²) in [7, 11) is -3.86. The summed E-state index contributed by atoms with van der Waals surface area (Å²) < 4.78 is 51.0. The number of halogens is 2. The summed E-state index contributed by atoms with van der Waals surface area (Å²) in [6, 6.07) is 9.69. The molecule has 4 rings (SSSR count). The Balaban J connectivity index is 1.63. The van der Waals surface area contributed by atoms with Gasteiger partial charge in [-0.25, -0.2) is 12.8 Å². The molecule has 8 nitrogen and oxygen atoms in total. The number of hydrogen-bond donors (Lipinski definition) is 1. The minimum absolute atomic E-state index is 0.0441. The van der Waals surface area contributed by atoms with E-state index in [1.54, 1.807) is 6.92 Å². The Bertz CT molecular complexity index is 1250. The van der Waals surface area contributed by atoms with Gasteiger partial charge in [-0.3, -0.25) is 4.79 Å². The van der Waals surface area contributed by atoms with Crippen LogP contribution in [-0.4, -0.2) is 50.1 Å². The first-order valence-corrected chi connectivity index (χ1v) is 11.5. The van der Waals surface area contributed by atoms with Crippen LogP contribution in [0.25, 0.3) is 11.3 Å². The van der Waals surface area contributed by atoms with Gasteiger partial charge in [0, 0.05) is 24.3 Å². The van der Waals surface area contributed by atoms with Gasteiger partial charge in [-0.05, 0) is 49.4 Å². The third-order valence-corrected chi connectivity index (χ3v) is 7.36. The highest BCUT2D eigenvalue weighted by molar-refractivity contribution is 7.89. The molecule has 1 saturated heterocycles. The lowest BCUT2D eigenvalue weighted by Gasteiger charge is -2.26. The second kappa shape index (κ2) is 8.99. The maximum Gasteiger partial charge on any atom is 0.261 e. The van der Waals surface area contributed by atoms with Gasteiger partial charge in [0.05, 0.1) is 18.2 Å². The molecule has 1 aliphatic rings. The summed E-state index contributed by atoms with van der Waals surface area (Å²) in [5.74, 6) is -0.716. The van der Waals surface area contributed by atoms with Crippen molar-refractivity contribution in [3.05, 3.63) is 64.6 Å². The first-order chi connectivity index (χ1) is 15.3. The van der Waals surface area contributed by atoms with E-state index in [9.17, 15) is 17.6 Å². The minimum atomic E-state index is -3.86. The highest BCUT2D eigenvalue weighted by atomic mass is 35.5. The molecular formula is C21H19ClFN3O5S. The van der Waals surface area contributed by atoms with Crippen LogP contribution in [0.2, 0.25) is 5.02 Å². The summed E-state index contributed by atoms with van der Waals surface area (Å²) in [6.07, 6.45) is 0. The molecule has 2 heterocycles. The molecule has 0 unspecified atom stereocenters. The van der Waals surface area contributed by atoms with Crippen LogP contribution in [-0.2, 0) is 14.8 Å². The van der Waals surface area contributed by atoms with E-state index >= 15 is 0 Å². The number of amides is 1. The molecule has 0 saturated carbocycles. The Morgan fingerprint density at radius 2 is 1.84 bits per heavy atom. The van der Waals surface area contributed by atoms with Gasteiger partial charge in [0.1, 0.15) is 27.7 Å². The highest BCUT2D eigenvalue weighted by Gasteiger charge is 2.29. The van der Waals surface area contributed by atoms with Crippen LogP contribution >= 0.6 is 11.6 Å². The van der Waals surface area contributed by atoms with E-state index in [0.717, 1.165) is 0 Å². The first-order valence-electron chi connectivity index (χ1n) is 9.68. The van der Waals surface area contributed by atoms with Crippen molar-refractivity contribution in [2.45, 2.75) is 11.8 Å². The van der Waals surface area contributed by atoms with Crippen LogP contribution in [0.1, 0.15) is 16.1 Å². The monoisotopic (exact) mass is 479 g/mol. The molecule has 0 bridgehead atoms. The van der Waals surface area contributed by atoms with E-state index in [-0.39, 0.29) is 45.7 Å². The lowest BCUT2D eigenvalue weighted by molar-refractivity contribution is 0.0730. The highest BCUT2D eigenvalue weighted by Crippen LogP contribution is 2.30. The minimum Gasteiger partial charge on any atom is -0.379 e. The van der Waals surface area contributed by atoms with Gasteiger partial charge >= 0.3 is 0 Å². The van der Waals surface area contributed by atoms with Crippen molar-refractivity contribution in [1.29, 1.82) is 0 Å². The number of aryl methyl sites for hydroxylation is 1. The number of hydrogen-bond acceptors (Lipinski definition) is 6. The van der Waals surface area contributed by atoms with Crippen LogP contribution in [0, 0.1) is 12.7 Å². The number of nitrogens with zero attached hydrogens (tertiary/aromatic N) is 2. The third kappa shape index (κ3) is 4.40. The van der Waals surface area contributed by atoms with E-state index in [4.69, 9.17) is 20.9 Å². The summed E-state index contributed by atoms with van der Waals surface area (Å²) in [5.41, 5.74) is 1.14.